The van der Waals surface area contributed by atoms with E-state index in [9.17, 15) is 0 Å². The van der Waals surface area contributed by atoms with Gasteiger partial charge in [-0.15, -0.1) is 0 Å². The number of aromatic nitrogens is 3. The van der Waals surface area contributed by atoms with E-state index in [1.54, 1.807) is 18.3 Å². The molecule has 3 aromatic rings. The second-order valence-electron chi connectivity index (χ2n) is 3.83. The minimum Gasteiger partial charge on any atom is -0.435 e. The summed E-state index contributed by atoms with van der Waals surface area (Å²) in [5, 5.41) is 1.39. The van der Waals surface area contributed by atoms with Crippen molar-refractivity contribution in [1.29, 1.82) is 0 Å². The molecule has 5 nitrogen and oxygen atoms in total. The smallest absolute Gasteiger partial charge is 0.231 e. The van der Waals surface area contributed by atoms with E-state index in [4.69, 9.17) is 33.7 Å². The predicted molar refractivity (Wildman–Crippen MR) is 74.8 cm³/mol. The quantitative estimate of drug-likeness (QED) is 0.708. The van der Waals surface area contributed by atoms with Gasteiger partial charge >= 0.3 is 0 Å². The molecule has 0 fully saturated rings. The van der Waals surface area contributed by atoms with Crippen LogP contribution in [0.1, 0.15) is 0 Å². The minimum absolute atomic E-state index is 0.318. The number of halogens is 2. The molecular weight excluding hydrogens is 287 g/mol. The predicted octanol–water partition coefficient (Wildman–Crippen LogP) is 3.64. The molecule has 2 heterocycles. The van der Waals surface area contributed by atoms with Crippen molar-refractivity contribution in [1.82, 2.24) is 15.0 Å². The SMILES string of the molecule is Nc1cc(Cl)c(Oc2ncnc3[nH]ccc23)c(Cl)c1. The molecule has 0 amide bonds. The fourth-order valence-corrected chi connectivity index (χ4v) is 2.28. The molecule has 7 heteroatoms. The van der Waals surface area contributed by atoms with Crippen LogP contribution in [-0.4, -0.2) is 15.0 Å². The van der Waals surface area contributed by atoms with Crippen molar-refractivity contribution in [2.75, 3.05) is 5.73 Å². The lowest BCUT2D eigenvalue weighted by Gasteiger charge is -2.09. The first-order chi connectivity index (χ1) is 9.15. The number of ether oxygens (including phenoxy) is 1. The third kappa shape index (κ3) is 2.18. The van der Waals surface area contributed by atoms with Gasteiger partial charge in [0, 0.05) is 11.9 Å². The van der Waals surface area contributed by atoms with Gasteiger partial charge in [-0.3, -0.25) is 0 Å². The number of rotatable bonds is 2. The van der Waals surface area contributed by atoms with Crippen molar-refractivity contribution < 1.29 is 4.74 Å². The Balaban J connectivity index is 2.09. The van der Waals surface area contributed by atoms with Crippen molar-refractivity contribution in [3.63, 3.8) is 0 Å². The summed E-state index contributed by atoms with van der Waals surface area (Å²) >= 11 is 12.1. The number of aromatic amines is 1. The molecule has 0 aliphatic rings. The largest absolute Gasteiger partial charge is 0.435 e. The molecule has 0 bridgehead atoms. The Kier molecular flexibility index (Phi) is 2.93. The highest BCUT2D eigenvalue weighted by Gasteiger charge is 2.13. The third-order valence-corrected chi connectivity index (χ3v) is 3.10. The Morgan fingerprint density at radius 3 is 2.63 bits per heavy atom. The first-order valence-corrected chi connectivity index (χ1v) is 6.11. The lowest BCUT2D eigenvalue weighted by molar-refractivity contribution is 0.469. The lowest BCUT2D eigenvalue weighted by Crippen LogP contribution is -1.93. The Labute approximate surface area is 118 Å². The van der Waals surface area contributed by atoms with Gasteiger partial charge in [0.2, 0.25) is 5.88 Å². The summed E-state index contributed by atoms with van der Waals surface area (Å²) in [6, 6.07) is 4.94. The van der Waals surface area contributed by atoms with E-state index >= 15 is 0 Å². The summed E-state index contributed by atoms with van der Waals surface area (Å²) in [6.07, 6.45) is 3.14. The molecule has 96 valence electrons. The number of H-pyrrole nitrogens is 1. The maximum atomic E-state index is 6.07. The number of hydrogen-bond acceptors (Lipinski definition) is 4. The Bertz CT molecular complexity index is 733. The highest BCUT2D eigenvalue weighted by atomic mass is 35.5. The summed E-state index contributed by atoms with van der Waals surface area (Å²) in [5.41, 5.74) is 6.78. The zero-order chi connectivity index (χ0) is 13.4. The van der Waals surface area contributed by atoms with Gasteiger partial charge in [-0.05, 0) is 18.2 Å². The maximum Gasteiger partial charge on any atom is 0.231 e. The van der Waals surface area contributed by atoms with Crippen molar-refractivity contribution >= 4 is 39.9 Å². The highest BCUT2D eigenvalue weighted by molar-refractivity contribution is 6.37. The number of hydrogen-bond donors (Lipinski definition) is 2. The molecule has 2 aromatic heterocycles. The van der Waals surface area contributed by atoms with Gasteiger partial charge in [-0.2, -0.15) is 0 Å². The Morgan fingerprint density at radius 1 is 1.16 bits per heavy atom. The van der Waals surface area contributed by atoms with E-state index in [0.29, 0.717) is 33.0 Å². The van der Waals surface area contributed by atoms with Crippen LogP contribution in [-0.2, 0) is 0 Å². The van der Waals surface area contributed by atoms with Gasteiger partial charge in [0.1, 0.15) is 12.0 Å². The van der Waals surface area contributed by atoms with Gasteiger partial charge in [-0.1, -0.05) is 23.2 Å². The minimum atomic E-state index is 0.318. The summed E-state index contributed by atoms with van der Waals surface area (Å²) in [7, 11) is 0. The maximum absolute atomic E-state index is 6.07. The van der Waals surface area contributed by atoms with Crippen molar-refractivity contribution in [3.05, 3.63) is 40.8 Å². The molecule has 0 radical (unpaired) electrons. The molecule has 3 rings (SSSR count). The first kappa shape index (κ1) is 12.1. The number of nitrogens with one attached hydrogen (secondary N) is 1. The van der Waals surface area contributed by atoms with E-state index in [-0.39, 0.29) is 0 Å². The molecule has 0 saturated carbocycles. The Hall–Kier alpha value is -1.98. The van der Waals surface area contributed by atoms with Crippen LogP contribution in [0.3, 0.4) is 0 Å². The monoisotopic (exact) mass is 294 g/mol. The number of nitrogens with zero attached hydrogens (tertiary/aromatic N) is 2. The van der Waals surface area contributed by atoms with E-state index < -0.39 is 0 Å². The second-order valence-corrected chi connectivity index (χ2v) is 4.65. The molecular formula is C12H8Cl2N4O. The van der Waals surface area contributed by atoms with Crippen LogP contribution in [0.15, 0.2) is 30.7 Å². The average Bonchev–Trinajstić information content (AvgIpc) is 2.82. The third-order valence-electron chi connectivity index (χ3n) is 2.54. The van der Waals surface area contributed by atoms with Gasteiger partial charge < -0.3 is 15.5 Å². The summed E-state index contributed by atoms with van der Waals surface area (Å²) in [4.78, 5) is 11.1. The zero-order valence-electron chi connectivity index (χ0n) is 9.52. The van der Waals surface area contributed by atoms with E-state index in [2.05, 4.69) is 15.0 Å². The fourth-order valence-electron chi connectivity index (χ4n) is 1.70. The van der Waals surface area contributed by atoms with E-state index in [1.807, 2.05) is 6.07 Å². The molecule has 1 aromatic carbocycles. The standard InChI is InChI=1S/C12H8Cl2N4O/c13-8-3-6(15)4-9(14)10(8)19-12-7-1-2-16-11(7)17-5-18-12/h1-5H,15H2,(H,16,17,18). The van der Waals surface area contributed by atoms with Crippen molar-refractivity contribution in [2.24, 2.45) is 0 Å². The fraction of sp³-hybridized carbons (Fsp3) is 0. The van der Waals surface area contributed by atoms with Crippen LogP contribution in [0.5, 0.6) is 11.6 Å². The number of fused-ring (bicyclic) bond motifs is 1. The number of benzene rings is 1. The lowest BCUT2D eigenvalue weighted by atomic mass is 10.3. The highest BCUT2D eigenvalue weighted by Crippen LogP contribution is 2.38. The summed E-state index contributed by atoms with van der Waals surface area (Å²) in [5.74, 6) is 0.693. The van der Waals surface area contributed by atoms with Crippen molar-refractivity contribution in [3.8, 4) is 11.6 Å². The van der Waals surface area contributed by atoms with Crippen LogP contribution in [0.2, 0.25) is 10.0 Å². The van der Waals surface area contributed by atoms with Crippen LogP contribution in [0, 0.1) is 0 Å². The number of nitrogens with two attached hydrogens (primary N) is 1. The Morgan fingerprint density at radius 2 is 1.89 bits per heavy atom. The van der Waals surface area contributed by atoms with Gasteiger partial charge in [0.25, 0.3) is 0 Å². The van der Waals surface area contributed by atoms with Gasteiger partial charge in [-0.25, -0.2) is 9.97 Å². The van der Waals surface area contributed by atoms with E-state index in [0.717, 1.165) is 5.39 Å². The van der Waals surface area contributed by atoms with Crippen LogP contribution >= 0.6 is 23.2 Å². The molecule has 0 unspecified atom stereocenters. The molecule has 0 aliphatic heterocycles. The summed E-state index contributed by atoms with van der Waals surface area (Å²) < 4.78 is 5.68. The normalized spacial score (nSPS) is 10.8. The van der Waals surface area contributed by atoms with Crippen LogP contribution in [0.4, 0.5) is 5.69 Å². The van der Waals surface area contributed by atoms with Gasteiger partial charge in [0.05, 0.1) is 15.4 Å². The molecule has 0 spiro atoms. The molecule has 0 atom stereocenters. The van der Waals surface area contributed by atoms with Crippen LogP contribution in [0.25, 0.3) is 11.0 Å². The van der Waals surface area contributed by atoms with E-state index in [1.165, 1.54) is 6.33 Å². The molecule has 3 N–H and O–H groups in total. The second kappa shape index (κ2) is 4.60. The average molecular weight is 295 g/mol. The van der Waals surface area contributed by atoms with Crippen molar-refractivity contribution in [2.45, 2.75) is 0 Å². The van der Waals surface area contributed by atoms with Crippen LogP contribution < -0.4 is 10.5 Å². The van der Waals surface area contributed by atoms with Gasteiger partial charge in [0.15, 0.2) is 5.75 Å². The topological polar surface area (TPSA) is 76.8 Å². The zero-order valence-corrected chi connectivity index (χ0v) is 11.0. The summed E-state index contributed by atoms with van der Waals surface area (Å²) in [6.45, 7) is 0. The molecule has 0 saturated heterocycles. The molecule has 19 heavy (non-hydrogen) atoms. The first-order valence-electron chi connectivity index (χ1n) is 5.35. The number of nitrogen functional groups attached to an aromatic ring is 1. The molecule has 0 aliphatic carbocycles. The number of anilines is 1.